The summed E-state index contributed by atoms with van der Waals surface area (Å²) in [5.41, 5.74) is 1.05. The summed E-state index contributed by atoms with van der Waals surface area (Å²) >= 11 is 0. The van der Waals surface area contributed by atoms with Crippen LogP contribution >= 0.6 is 0 Å². The van der Waals surface area contributed by atoms with Crippen LogP contribution in [-0.4, -0.2) is 32.6 Å². The van der Waals surface area contributed by atoms with Crippen LogP contribution < -0.4 is 20.1 Å². The number of urea groups is 1. The summed E-state index contributed by atoms with van der Waals surface area (Å²) in [6.07, 6.45) is 3.61. The van der Waals surface area contributed by atoms with Gasteiger partial charge in [0.1, 0.15) is 0 Å². The summed E-state index contributed by atoms with van der Waals surface area (Å²) in [5.74, 6) is 0.0117. The summed E-state index contributed by atoms with van der Waals surface area (Å²) < 4.78 is 1.72. The summed E-state index contributed by atoms with van der Waals surface area (Å²) in [5, 5.41) is 4.94. The van der Waals surface area contributed by atoms with Crippen molar-refractivity contribution >= 4 is 17.6 Å². The lowest BCUT2D eigenvalue weighted by Crippen LogP contribution is -2.47. The van der Waals surface area contributed by atoms with Gasteiger partial charge in [-0.05, 0) is 5.92 Å². The van der Waals surface area contributed by atoms with Crippen LogP contribution in [0.25, 0.3) is 0 Å². The second-order valence-electron chi connectivity index (χ2n) is 5.28. The normalized spacial score (nSPS) is 10.2. The van der Waals surface area contributed by atoms with E-state index in [0.29, 0.717) is 12.5 Å². The van der Waals surface area contributed by atoms with E-state index in [2.05, 4.69) is 10.6 Å². The molecule has 0 aliphatic heterocycles. The molecule has 1 aromatic heterocycles. The molecule has 0 spiro atoms. The average molecular weight is 279 g/mol. The molecule has 0 radical (unpaired) electrons. The largest absolute Gasteiger partial charge is 0.377 e. The van der Waals surface area contributed by atoms with E-state index >= 15 is 0 Å². The van der Waals surface area contributed by atoms with Gasteiger partial charge in [-0.3, -0.25) is 10.1 Å². The minimum atomic E-state index is -0.450. The van der Waals surface area contributed by atoms with Gasteiger partial charge in [0.2, 0.25) is 6.54 Å². The van der Waals surface area contributed by atoms with E-state index in [-0.39, 0.29) is 12.5 Å². The van der Waals surface area contributed by atoms with Gasteiger partial charge in [-0.25, -0.2) is 4.79 Å². The van der Waals surface area contributed by atoms with Gasteiger partial charge in [-0.2, -0.15) is 4.57 Å². The third-order valence-electron chi connectivity index (χ3n) is 2.64. The molecule has 2 N–H and O–H groups in total. The van der Waals surface area contributed by atoms with Crippen molar-refractivity contribution in [3.8, 4) is 0 Å². The first-order chi connectivity index (χ1) is 9.38. The molecule has 0 bridgehead atoms. The quantitative estimate of drug-likeness (QED) is 0.772. The number of hydrogen-bond acceptors (Lipinski definition) is 3. The van der Waals surface area contributed by atoms with Gasteiger partial charge in [0.15, 0.2) is 12.4 Å². The minimum absolute atomic E-state index is 0.114. The number of carbonyl (C=O) groups excluding carboxylic acids is 2. The van der Waals surface area contributed by atoms with Crippen LogP contribution in [0.15, 0.2) is 24.5 Å². The number of anilines is 1. The number of hydrogen-bond donors (Lipinski definition) is 2. The number of carbonyl (C=O) groups is 2. The monoisotopic (exact) mass is 279 g/mol. The third-order valence-corrected chi connectivity index (χ3v) is 2.64. The Balaban J connectivity index is 2.44. The molecular formula is C14H23N4O2+. The zero-order chi connectivity index (χ0) is 15.1. The second-order valence-corrected chi connectivity index (χ2v) is 5.28. The first-order valence-corrected chi connectivity index (χ1v) is 6.62. The molecule has 0 fully saturated rings. The first kappa shape index (κ1) is 15.9. The fourth-order valence-corrected chi connectivity index (χ4v) is 1.53. The number of rotatable bonds is 5. The van der Waals surface area contributed by atoms with Gasteiger partial charge in [0.25, 0.3) is 5.91 Å². The van der Waals surface area contributed by atoms with Crippen LogP contribution in [0.4, 0.5) is 10.5 Å². The third kappa shape index (κ3) is 5.69. The molecular weight excluding hydrogens is 256 g/mol. The van der Waals surface area contributed by atoms with E-state index in [9.17, 15) is 9.59 Å². The van der Waals surface area contributed by atoms with Gasteiger partial charge in [-0.15, -0.1) is 0 Å². The molecule has 0 saturated heterocycles. The number of amides is 3. The Morgan fingerprint density at radius 2 is 1.85 bits per heavy atom. The van der Waals surface area contributed by atoms with E-state index in [4.69, 9.17) is 0 Å². The Morgan fingerprint density at radius 3 is 2.35 bits per heavy atom. The highest BCUT2D eigenvalue weighted by Gasteiger charge is 2.13. The maximum Gasteiger partial charge on any atom is 0.321 e. The fraction of sp³-hybridized carbons (Fsp3) is 0.500. The van der Waals surface area contributed by atoms with Crippen LogP contribution in [0, 0.1) is 5.92 Å². The molecule has 20 heavy (non-hydrogen) atoms. The standard InChI is InChI=1S/C14H22N4O2/c1-11(2)9-15-14(20)16-13(19)10-18-7-5-12(6-8-18)17(3)4/h5-8,11H,9-10H2,1-4H3,(H-,15,16,19,20)/p+1. The number of imide groups is 1. The van der Waals surface area contributed by atoms with Gasteiger partial charge in [0.05, 0.1) is 0 Å². The van der Waals surface area contributed by atoms with Crippen molar-refractivity contribution < 1.29 is 14.2 Å². The molecule has 110 valence electrons. The van der Waals surface area contributed by atoms with E-state index in [1.165, 1.54) is 0 Å². The van der Waals surface area contributed by atoms with Crippen LogP contribution in [0.2, 0.25) is 0 Å². The maximum absolute atomic E-state index is 11.7. The molecule has 0 aliphatic carbocycles. The van der Waals surface area contributed by atoms with Crippen molar-refractivity contribution in [2.75, 3.05) is 25.5 Å². The Labute approximate surface area is 119 Å². The lowest BCUT2D eigenvalue weighted by atomic mass is 10.2. The van der Waals surface area contributed by atoms with Gasteiger partial charge in [0, 0.05) is 38.5 Å². The van der Waals surface area contributed by atoms with Crippen molar-refractivity contribution in [1.82, 2.24) is 10.6 Å². The molecule has 0 saturated carbocycles. The Bertz CT molecular complexity index is 455. The van der Waals surface area contributed by atoms with Crippen molar-refractivity contribution in [3.63, 3.8) is 0 Å². The number of nitrogens with one attached hydrogen (secondary N) is 2. The maximum atomic E-state index is 11.7. The highest BCUT2D eigenvalue weighted by atomic mass is 16.2. The van der Waals surface area contributed by atoms with Crippen molar-refractivity contribution in [2.24, 2.45) is 5.92 Å². The minimum Gasteiger partial charge on any atom is -0.377 e. The van der Waals surface area contributed by atoms with E-state index in [1.54, 1.807) is 17.0 Å². The molecule has 3 amide bonds. The van der Waals surface area contributed by atoms with Crippen LogP contribution in [0.1, 0.15) is 13.8 Å². The Kier molecular flexibility index (Phi) is 5.96. The highest BCUT2D eigenvalue weighted by Crippen LogP contribution is 2.05. The number of aromatic nitrogens is 1. The predicted molar refractivity (Wildman–Crippen MR) is 77.3 cm³/mol. The van der Waals surface area contributed by atoms with Crippen molar-refractivity contribution in [3.05, 3.63) is 24.5 Å². The van der Waals surface area contributed by atoms with Crippen molar-refractivity contribution in [1.29, 1.82) is 0 Å². The van der Waals surface area contributed by atoms with Crippen molar-refractivity contribution in [2.45, 2.75) is 20.4 Å². The van der Waals surface area contributed by atoms with E-state index in [0.717, 1.165) is 5.69 Å². The highest BCUT2D eigenvalue weighted by molar-refractivity contribution is 5.93. The van der Waals surface area contributed by atoms with Crippen LogP contribution in [0.3, 0.4) is 0 Å². The molecule has 0 aliphatic rings. The lowest BCUT2D eigenvalue weighted by molar-refractivity contribution is -0.684. The molecule has 6 nitrogen and oxygen atoms in total. The van der Waals surface area contributed by atoms with Crippen LogP contribution in [0.5, 0.6) is 0 Å². The topological polar surface area (TPSA) is 65.3 Å². The molecule has 0 aromatic carbocycles. The lowest BCUT2D eigenvalue weighted by Gasteiger charge is -2.10. The number of pyridine rings is 1. The summed E-state index contributed by atoms with van der Waals surface area (Å²) in [4.78, 5) is 25.1. The SMILES string of the molecule is CC(C)CNC(=O)NC(=O)C[n+]1ccc(N(C)C)cc1. The van der Waals surface area contributed by atoms with Gasteiger partial charge in [-0.1, -0.05) is 13.8 Å². The molecule has 1 aromatic rings. The molecule has 6 heteroatoms. The van der Waals surface area contributed by atoms with Gasteiger partial charge >= 0.3 is 6.03 Å². The fourth-order valence-electron chi connectivity index (χ4n) is 1.53. The van der Waals surface area contributed by atoms with Gasteiger partial charge < -0.3 is 10.2 Å². The van der Waals surface area contributed by atoms with E-state index < -0.39 is 6.03 Å². The Hall–Kier alpha value is -2.11. The van der Waals surface area contributed by atoms with Crippen LogP contribution in [-0.2, 0) is 11.3 Å². The summed E-state index contributed by atoms with van der Waals surface area (Å²) in [7, 11) is 3.90. The Morgan fingerprint density at radius 1 is 1.25 bits per heavy atom. The molecule has 1 rings (SSSR count). The summed E-state index contributed by atoms with van der Waals surface area (Å²) in [6, 6.07) is 3.37. The van der Waals surface area contributed by atoms with E-state index in [1.807, 2.05) is 45.0 Å². The zero-order valence-electron chi connectivity index (χ0n) is 12.5. The smallest absolute Gasteiger partial charge is 0.321 e. The average Bonchev–Trinajstić information content (AvgIpc) is 2.36. The summed E-state index contributed by atoms with van der Waals surface area (Å²) in [6.45, 7) is 4.64. The number of nitrogens with zero attached hydrogens (tertiary/aromatic N) is 2. The molecule has 1 heterocycles. The molecule has 0 unspecified atom stereocenters. The predicted octanol–water partition coefficient (Wildman–Crippen LogP) is 0.522. The zero-order valence-corrected chi connectivity index (χ0v) is 12.5. The second kappa shape index (κ2) is 7.47. The molecule has 0 atom stereocenters. The first-order valence-electron chi connectivity index (χ1n) is 6.62.